The van der Waals surface area contributed by atoms with Crippen molar-refractivity contribution in [2.45, 2.75) is 20.4 Å². The Morgan fingerprint density at radius 2 is 1.97 bits per heavy atom. The molecule has 4 rings (SSSR count). The van der Waals surface area contributed by atoms with E-state index >= 15 is 0 Å². The number of aryl methyl sites for hydroxylation is 2. The Kier molecular flexibility index (Phi) is 4.67. The van der Waals surface area contributed by atoms with Gasteiger partial charge in [-0.15, -0.1) is 0 Å². The summed E-state index contributed by atoms with van der Waals surface area (Å²) in [5, 5.41) is 6.97. The van der Waals surface area contributed by atoms with Gasteiger partial charge < -0.3 is 9.84 Å². The predicted molar refractivity (Wildman–Crippen MR) is 106 cm³/mol. The first-order valence-corrected chi connectivity index (χ1v) is 8.91. The molecule has 0 saturated carbocycles. The number of hydrogen-bond acceptors (Lipinski definition) is 5. The van der Waals surface area contributed by atoms with Crippen molar-refractivity contribution < 1.29 is 13.7 Å². The van der Waals surface area contributed by atoms with Crippen LogP contribution in [0.1, 0.15) is 11.4 Å². The van der Waals surface area contributed by atoms with Gasteiger partial charge in [0.15, 0.2) is 5.82 Å². The maximum Gasteiger partial charge on any atom is 0.258 e. The molecule has 2 aromatic carbocycles. The van der Waals surface area contributed by atoms with Crippen molar-refractivity contribution in [1.29, 1.82) is 0 Å². The first kappa shape index (κ1) is 18.5. The fourth-order valence-corrected chi connectivity index (χ4v) is 3.14. The summed E-state index contributed by atoms with van der Waals surface area (Å²) in [6, 6.07) is 13.0. The predicted octanol–water partition coefficient (Wildman–Crippen LogP) is 3.45. The van der Waals surface area contributed by atoms with Crippen LogP contribution in [0.3, 0.4) is 0 Å². The highest BCUT2D eigenvalue weighted by atomic mass is 19.1. The standard InChI is InChI=1S/C21H17FN4O3/c1-12-7-8-17(16(22)9-12)24-19(27)11-26-18-6-4-3-5-14(18)15(10-20(26)28)21-23-13(2)25-29-21/h3-10H,11H2,1-2H3,(H,24,27). The van der Waals surface area contributed by atoms with E-state index in [1.165, 1.54) is 22.8 Å². The number of hydrogen-bond donors (Lipinski definition) is 1. The summed E-state index contributed by atoms with van der Waals surface area (Å²) >= 11 is 0. The number of para-hydroxylation sites is 1. The van der Waals surface area contributed by atoms with E-state index in [0.29, 0.717) is 22.3 Å². The number of nitrogens with one attached hydrogen (secondary N) is 1. The number of rotatable bonds is 4. The first-order chi connectivity index (χ1) is 13.9. The van der Waals surface area contributed by atoms with E-state index in [1.807, 2.05) is 6.07 Å². The average molecular weight is 392 g/mol. The Morgan fingerprint density at radius 1 is 1.17 bits per heavy atom. The molecule has 2 aromatic heterocycles. The third-order valence-electron chi connectivity index (χ3n) is 4.48. The summed E-state index contributed by atoms with van der Waals surface area (Å²) < 4.78 is 20.5. The smallest absolute Gasteiger partial charge is 0.258 e. The fourth-order valence-electron chi connectivity index (χ4n) is 3.14. The molecule has 1 amide bonds. The quantitative estimate of drug-likeness (QED) is 0.575. The summed E-state index contributed by atoms with van der Waals surface area (Å²) in [7, 11) is 0. The molecule has 7 nitrogen and oxygen atoms in total. The Bertz CT molecular complexity index is 1290. The van der Waals surface area contributed by atoms with Crippen LogP contribution in [0.4, 0.5) is 10.1 Å². The number of aromatic nitrogens is 3. The molecular weight excluding hydrogens is 375 g/mol. The minimum Gasteiger partial charge on any atom is -0.334 e. The minimum absolute atomic E-state index is 0.0657. The second-order valence-corrected chi connectivity index (χ2v) is 6.68. The first-order valence-electron chi connectivity index (χ1n) is 8.91. The average Bonchev–Trinajstić information content (AvgIpc) is 3.12. The Hall–Kier alpha value is -3.81. The van der Waals surface area contributed by atoms with Crippen LogP contribution < -0.4 is 10.9 Å². The number of halogens is 1. The van der Waals surface area contributed by atoms with Crippen LogP contribution in [0, 0.1) is 19.7 Å². The number of nitrogens with zero attached hydrogens (tertiary/aromatic N) is 3. The van der Waals surface area contributed by atoms with E-state index in [0.717, 1.165) is 5.56 Å². The second kappa shape index (κ2) is 7.31. The molecule has 0 radical (unpaired) electrons. The zero-order chi connectivity index (χ0) is 20.5. The van der Waals surface area contributed by atoms with E-state index in [4.69, 9.17) is 4.52 Å². The van der Waals surface area contributed by atoms with Gasteiger partial charge in [-0.2, -0.15) is 4.98 Å². The fraction of sp³-hybridized carbons (Fsp3) is 0.143. The number of benzene rings is 2. The van der Waals surface area contributed by atoms with Crippen LogP contribution in [0.15, 0.2) is 57.8 Å². The molecule has 0 aliphatic carbocycles. The topological polar surface area (TPSA) is 90.0 Å². The van der Waals surface area contributed by atoms with Crippen molar-refractivity contribution >= 4 is 22.5 Å². The highest BCUT2D eigenvalue weighted by Crippen LogP contribution is 2.26. The van der Waals surface area contributed by atoms with Gasteiger partial charge >= 0.3 is 0 Å². The molecule has 0 spiro atoms. The van der Waals surface area contributed by atoms with Gasteiger partial charge in [-0.05, 0) is 37.6 Å². The summed E-state index contributed by atoms with van der Waals surface area (Å²) in [5.41, 5.74) is 1.43. The lowest BCUT2D eigenvalue weighted by Crippen LogP contribution is -2.28. The number of anilines is 1. The molecule has 8 heteroatoms. The van der Waals surface area contributed by atoms with Crippen LogP contribution in [0.2, 0.25) is 0 Å². The van der Waals surface area contributed by atoms with Gasteiger partial charge in [0.05, 0.1) is 16.8 Å². The number of carbonyl (C=O) groups is 1. The van der Waals surface area contributed by atoms with Crippen molar-refractivity contribution in [2.75, 3.05) is 5.32 Å². The van der Waals surface area contributed by atoms with Crippen LogP contribution >= 0.6 is 0 Å². The molecule has 0 saturated heterocycles. The molecule has 0 atom stereocenters. The molecule has 0 fully saturated rings. The number of pyridine rings is 1. The summed E-state index contributed by atoms with van der Waals surface area (Å²) in [6.45, 7) is 3.17. The summed E-state index contributed by atoms with van der Waals surface area (Å²) in [6.07, 6.45) is 0. The van der Waals surface area contributed by atoms with Gasteiger partial charge in [0.1, 0.15) is 12.4 Å². The molecular formula is C21H17FN4O3. The Balaban J connectivity index is 1.72. The lowest BCUT2D eigenvalue weighted by atomic mass is 10.1. The van der Waals surface area contributed by atoms with Crippen molar-refractivity contribution in [2.24, 2.45) is 0 Å². The van der Waals surface area contributed by atoms with Crippen molar-refractivity contribution in [1.82, 2.24) is 14.7 Å². The summed E-state index contributed by atoms with van der Waals surface area (Å²) in [5.74, 6) is -0.360. The van der Waals surface area contributed by atoms with Gasteiger partial charge in [-0.25, -0.2) is 4.39 Å². The van der Waals surface area contributed by atoms with E-state index in [2.05, 4.69) is 15.5 Å². The molecule has 4 aromatic rings. The molecule has 1 N–H and O–H groups in total. The maximum atomic E-state index is 14.0. The lowest BCUT2D eigenvalue weighted by Gasteiger charge is -2.13. The number of carbonyl (C=O) groups excluding carboxylic acids is 1. The van der Waals surface area contributed by atoms with Crippen molar-refractivity contribution in [3.05, 3.63) is 76.1 Å². The van der Waals surface area contributed by atoms with Crippen LogP contribution in [0.25, 0.3) is 22.4 Å². The zero-order valence-electron chi connectivity index (χ0n) is 15.8. The third kappa shape index (κ3) is 3.64. The van der Waals surface area contributed by atoms with Crippen LogP contribution in [-0.4, -0.2) is 20.6 Å². The number of fused-ring (bicyclic) bond motifs is 1. The SMILES string of the molecule is Cc1ccc(NC(=O)Cn2c(=O)cc(-c3nc(C)no3)c3ccccc32)c(F)c1. The largest absolute Gasteiger partial charge is 0.334 e. The van der Waals surface area contributed by atoms with Crippen molar-refractivity contribution in [3.8, 4) is 11.5 Å². The highest BCUT2D eigenvalue weighted by molar-refractivity contribution is 5.95. The molecule has 29 heavy (non-hydrogen) atoms. The molecule has 0 unspecified atom stereocenters. The molecule has 0 aliphatic rings. The van der Waals surface area contributed by atoms with E-state index in [1.54, 1.807) is 38.1 Å². The molecule has 146 valence electrons. The monoisotopic (exact) mass is 392 g/mol. The van der Waals surface area contributed by atoms with E-state index in [9.17, 15) is 14.0 Å². The normalized spacial score (nSPS) is 11.0. The van der Waals surface area contributed by atoms with E-state index < -0.39 is 17.3 Å². The highest BCUT2D eigenvalue weighted by Gasteiger charge is 2.17. The van der Waals surface area contributed by atoms with Gasteiger partial charge in [-0.1, -0.05) is 29.4 Å². The third-order valence-corrected chi connectivity index (χ3v) is 4.48. The molecule has 0 aliphatic heterocycles. The molecule has 2 heterocycles. The summed E-state index contributed by atoms with van der Waals surface area (Å²) in [4.78, 5) is 29.4. The van der Waals surface area contributed by atoms with Crippen LogP contribution in [-0.2, 0) is 11.3 Å². The van der Waals surface area contributed by atoms with Gasteiger partial charge in [0.2, 0.25) is 5.91 Å². The lowest BCUT2D eigenvalue weighted by molar-refractivity contribution is -0.116. The zero-order valence-corrected chi connectivity index (χ0v) is 15.8. The Labute approximate surface area is 164 Å². The van der Waals surface area contributed by atoms with Gasteiger partial charge in [0, 0.05) is 11.5 Å². The van der Waals surface area contributed by atoms with Crippen molar-refractivity contribution in [3.63, 3.8) is 0 Å². The number of amides is 1. The van der Waals surface area contributed by atoms with E-state index in [-0.39, 0.29) is 18.1 Å². The minimum atomic E-state index is -0.530. The second-order valence-electron chi connectivity index (χ2n) is 6.68. The molecule has 0 bridgehead atoms. The van der Waals surface area contributed by atoms with Gasteiger partial charge in [0.25, 0.3) is 11.4 Å². The Morgan fingerprint density at radius 3 is 2.69 bits per heavy atom. The van der Waals surface area contributed by atoms with Gasteiger partial charge in [-0.3, -0.25) is 14.2 Å². The maximum absolute atomic E-state index is 14.0. The van der Waals surface area contributed by atoms with Crippen LogP contribution in [0.5, 0.6) is 0 Å².